The van der Waals surface area contributed by atoms with Crippen LogP contribution < -0.4 is 5.73 Å². The third-order valence-corrected chi connectivity index (χ3v) is 2.84. The van der Waals surface area contributed by atoms with Crippen molar-refractivity contribution >= 4 is 17.6 Å². The summed E-state index contributed by atoms with van der Waals surface area (Å²) >= 11 is 0. The van der Waals surface area contributed by atoms with Crippen LogP contribution >= 0.6 is 0 Å². The van der Waals surface area contributed by atoms with Crippen LogP contribution in [-0.2, 0) is 16.0 Å². The highest BCUT2D eigenvalue weighted by atomic mass is 16.4. The van der Waals surface area contributed by atoms with Crippen LogP contribution in [-0.4, -0.2) is 35.0 Å². The number of hydrogen-bond donors (Lipinski definition) is 2. The number of nitrogen functional groups attached to an aromatic ring is 1. The van der Waals surface area contributed by atoms with Gasteiger partial charge in [0.15, 0.2) is 0 Å². The number of carboxylic acid groups (broad SMARTS) is 1. The van der Waals surface area contributed by atoms with Gasteiger partial charge in [-0.25, -0.2) is 0 Å². The summed E-state index contributed by atoms with van der Waals surface area (Å²) < 4.78 is 0. The Labute approximate surface area is 119 Å². The van der Waals surface area contributed by atoms with E-state index in [0.29, 0.717) is 25.1 Å². The quantitative estimate of drug-likeness (QED) is 0.744. The van der Waals surface area contributed by atoms with Crippen LogP contribution in [0.2, 0.25) is 0 Å². The van der Waals surface area contributed by atoms with Gasteiger partial charge >= 0.3 is 5.97 Å². The number of rotatable bonds is 7. The second-order valence-electron chi connectivity index (χ2n) is 5.31. The zero-order valence-electron chi connectivity index (χ0n) is 12.0. The highest BCUT2D eigenvalue weighted by Crippen LogP contribution is 2.10. The van der Waals surface area contributed by atoms with E-state index in [0.717, 1.165) is 5.56 Å². The fraction of sp³-hybridized carbons (Fsp3) is 0.467. The van der Waals surface area contributed by atoms with Gasteiger partial charge in [-0.3, -0.25) is 9.59 Å². The molecule has 0 atom stereocenters. The fourth-order valence-corrected chi connectivity index (χ4v) is 2.02. The van der Waals surface area contributed by atoms with E-state index in [9.17, 15) is 9.59 Å². The summed E-state index contributed by atoms with van der Waals surface area (Å²) in [7, 11) is 0. The Hall–Kier alpha value is -2.04. The molecular weight excluding hydrogens is 256 g/mol. The van der Waals surface area contributed by atoms with E-state index >= 15 is 0 Å². The predicted octanol–water partition coefficient (Wildman–Crippen LogP) is 1.77. The van der Waals surface area contributed by atoms with E-state index in [1.54, 1.807) is 6.07 Å². The van der Waals surface area contributed by atoms with E-state index in [-0.39, 0.29) is 18.4 Å². The Balaban J connectivity index is 2.59. The molecule has 0 bridgehead atoms. The number of benzene rings is 1. The number of carbonyl (C=O) groups excluding carboxylic acids is 1. The zero-order valence-corrected chi connectivity index (χ0v) is 12.0. The van der Waals surface area contributed by atoms with Crippen molar-refractivity contribution in [1.29, 1.82) is 0 Å². The molecule has 1 aromatic carbocycles. The summed E-state index contributed by atoms with van der Waals surface area (Å²) in [6.45, 7) is 4.13. The van der Waals surface area contributed by atoms with Crippen molar-refractivity contribution in [2.75, 3.05) is 18.8 Å². The van der Waals surface area contributed by atoms with Crippen molar-refractivity contribution < 1.29 is 14.7 Å². The molecule has 0 fully saturated rings. The number of amides is 1. The van der Waals surface area contributed by atoms with Crippen molar-refractivity contribution in [3.63, 3.8) is 0 Å². The molecule has 110 valence electrons. The number of aryl methyl sites for hydroxylation is 1. The van der Waals surface area contributed by atoms with Gasteiger partial charge in [-0.05, 0) is 30.0 Å². The lowest BCUT2D eigenvalue weighted by Crippen LogP contribution is -2.38. The van der Waals surface area contributed by atoms with E-state index in [2.05, 4.69) is 0 Å². The van der Waals surface area contributed by atoms with Crippen LogP contribution in [0.3, 0.4) is 0 Å². The van der Waals surface area contributed by atoms with E-state index in [4.69, 9.17) is 10.8 Å². The van der Waals surface area contributed by atoms with E-state index in [1.807, 2.05) is 32.0 Å². The van der Waals surface area contributed by atoms with Gasteiger partial charge in [0.1, 0.15) is 6.54 Å². The highest BCUT2D eigenvalue weighted by molar-refractivity contribution is 5.81. The fourth-order valence-electron chi connectivity index (χ4n) is 2.02. The van der Waals surface area contributed by atoms with Crippen LogP contribution in [0.5, 0.6) is 0 Å². The first kappa shape index (κ1) is 16.0. The van der Waals surface area contributed by atoms with Gasteiger partial charge in [-0.2, -0.15) is 0 Å². The van der Waals surface area contributed by atoms with Gasteiger partial charge < -0.3 is 15.7 Å². The molecule has 0 spiro atoms. The summed E-state index contributed by atoms with van der Waals surface area (Å²) in [5.74, 6) is -0.878. The zero-order chi connectivity index (χ0) is 15.1. The molecular formula is C15H22N2O3. The minimum absolute atomic E-state index is 0.136. The minimum atomic E-state index is -0.983. The Morgan fingerprint density at radius 1 is 1.35 bits per heavy atom. The number of carboxylic acids is 1. The number of anilines is 1. The maximum Gasteiger partial charge on any atom is 0.323 e. The predicted molar refractivity (Wildman–Crippen MR) is 78.2 cm³/mol. The smallest absolute Gasteiger partial charge is 0.323 e. The number of nitrogens with two attached hydrogens (primary N) is 1. The molecule has 20 heavy (non-hydrogen) atoms. The number of nitrogens with zero attached hydrogens (tertiary/aromatic N) is 1. The third kappa shape index (κ3) is 5.73. The topological polar surface area (TPSA) is 83.6 Å². The van der Waals surface area contributed by atoms with Gasteiger partial charge in [0.25, 0.3) is 0 Å². The van der Waals surface area contributed by atoms with Crippen molar-refractivity contribution in [1.82, 2.24) is 4.90 Å². The monoisotopic (exact) mass is 278 g/mol. The SMILES string of the molecule is CC(C)CN(CC(=O)O)C(=O)CCc1cccc(N)c1. The first-order chi connectivity index (χ1) is 9.38. The summed E-state index contributed by atoms with van der Waals surface area (Å²) in [4.78, 5) is 24.3. The van der Waals surface area contributed by atoms with Gasteiger partial charge in [0, 0.05) is 18.7 Å². The summed E-state index contributed by atoms with van der Waals surface area (Å²) in [5.41, 5.74) is 7.33. The lowest BCUT2D eigenvalue weighted by molar-refractivity contribution is -0.144. The molecule has 0 saturated carbocycles. The molecule has 0 unspecified atom stereocenters. The molecule has 0 aromatic heterocycles. The van der Waals surface area contributed by atoms with Crippen LogP contribution in [0.4, 0.5) is 5.69 Å². The van der Waals surface area contributed by atoms with Crippen LogP contribution in [0, 0.1) is 5.92 Å². The largest absolute Gasteiger partial charge is 0.480 e. The van der Waals surface area contributed by atoms with Crippen molar-refractivity contribution in [2.45, 2.75) is 26.7 Å². The molecule has 0 aliphatic heterocycles. The van der Waals surface area contributed by atoms with Crippen LogP contribution in [0.1, 0.15) is 25.8 Å². The second kappa shape index (κ2) is 7.53. The van der Waals surface area contributed by atoms with Crippen molar-refractivity contribution in [3.8, 4) is 0 Å². The summed E-state index contributed by atoms with van der Waals surface area (Å²) in [6, 6.07) is 7.38. The highest BCUT2D eigenvalue weighted by Gasteiger charge is 2.17. The van der Waals surface area contributed by atoms with Gasteiger partial charge in [-0.1, -0.05) is 26.0 Å². The van der Waals surface area contributed by atoms with Gasteiger partial charge in [0.05, 0.1) is 0 Å². The molecule has 1 rings (SSSR count). The molecule has 0 saturated heterocycles. The molecule has 5 nitrogen and oxygen atoms in total. The molecule has 0 aliphatic rings. The maximum absolute atomic E-state index is 12.1. The van der Waals surface area contributed by atoms with Crippen LogP contribution in [0.15, 0.2) is 24.3 Å². The average molecular weight is 278 g/mol. The minimum Gasteiger partial charge on any atom is -0.480 e. The summed E-state index contributed by atoms with van der Waals surface area (Å²) in [6.07, 6.45) is 0.863. The second-order valence-corrected chi connectivity index (χ2v) is 5.31. The molecule has 0 heterocycles. The third-order valence-electron chi connectivity index (χ3n) is 2.84. The number of carbonyl (C=O) groups is 2. The van der Waals surface area contributed by atoms with Crippen molar-refractivity contribution in [3.05, 3.63) is 29.8 Å². The Morgan fingerprint density at radius 2 is 2.05 bits per heavy atom. The molecule has 1 aromatic rings. The molecule has 0 aliphatic carbocycles. The molecule has 3 N–H and O–H groups in total. The number of hydrogen-bond acceptors (Lipinski definition) is 3. The first-order valence-electron chi connectivity index (χ1n) is 6.72. The van der Waals surface area contributed by atoms with Crippen LogP contribution in [0.25, 0.3) is 0 Å². The van der Waals surface area contributed by atoms with Crippen molar-refractivity contribution in [2.24, 2.45) is 5.92 Å². The van der Waals surface area contributed by atoms with E-state index < -0.39 is 5.97 Å². The van der Waals surface area contributed by atoms with E-state index in [1.165, 1.54) is 4.90 Å². The standard InChI is InChI=1S/C15H22N2O3/c1-11(2)9-17(10-15(19)20)14(18)7-6-12-4-3-5-13(16)8-12/h3-5,8,11H,6-7,9-10,16H2,1-2H3,(H,19,20). The molecule has 5 heteroatoms. The van der Waals surface area contributed by atoms with Gasteiger partial charge in [-0.15, -0.1) is 0 Å². The Bertz CT molecular complexity index is 472. The Morgan fingerprint density at radius 3 is 2.60 bits per heavy atom. The average Bonchev–Trinajstić information content (AvgIpc) is 2.34. The lowest BCUT2D eigenvalue weighted by atomic mass is 10.1. The lowest BCUT2D eigenvalue weighted by Gasteiger charge is -2.22. The summed E-state index contributed by atoms with van der Waals surface area (Å²) in [5, 5.41) is 8.86. The normalized spacial score (nSPS) is 10.6. The Kier molecular flexibility index (Phi) is 6.03. The first-order valence-corrected chi connectivity index (χ1v) is 6.72. The number of aliphatic carboxylic acids is 1. The molecule has 0 radical (unpaired) electrons. The maximum atomic E-state index is 12.1. The van der Waals surface area contributed by atoms with Gasteiger partial charge in [0.2, 0.25) is 5.91 Å². The molecule has 1 amide bonds.